The number of pyridine rings is 1. The number of benzene rings is 1. The fourth-order valence-electron chi connectivity index (χ4n) is 2.50. The SMILES string of the molecule is COc1ccc(Cl)cc1C(=O)NNC(=O)c1cc(C)nc2onc(C)c12. The van der Waals surface area contributed by atoms with Crippen molar-refractivity contribution >= 4 is 34.5 Å². The Morgan fingerprint density at radius 2 is 1.81 bits per heavy atom. The summed E-state index contributed by atoms with van der Waals surface area (Å²) in [6.07, 6.45) is 0. The number of nitrogens with zero attached hydrogens (tertiary/aromatic N) is 2. The Kier molecular flexibility index (Phi) is 4.77. The van der Waals surface area contributed by atoms with Crippen LogP contribution in [0.1, 0.15) is 32.1 Å². The van der Waals surface area contributed by atoms with Crippen LogP contribution in [0.15, 0.2) is 28.8 Å². The summed E-state index contributed by atoms with van der Waals surface area (Å²) in [5, 5.41) is 4.68. The number of rotatable bonds is 3. The summed E-state index contributed by atoms with van der Waals surface area (Å²) < 4.78 is 10.2. The van der Waals surface area contributed by atoms with E-state index >= 15 is 0 Å². The molecule has 0 fully saturated rings. The van der Waals surface area contributed by atoms with Crippen molar-refractivity contribution < 1.29 is 18.8 Å². The van der Waals surface area contributed by atoms with Gasteiger partial charge < -0.3 is 9.26 Å². The van der Waals surface area contributed by atoms with Gasteiger partial charge in [-0.05, 0) is 38.1 Å². The van der Waals surface area contributed by atoms with Crippen LogP contribution in [0, 0.1) is 13.8 Å². The van der Waals surface area contributed by atoms with Crippen LogP contribution in [0.2, 0.25) is 5.02 Å². The average molecular weight is 375 g/mol. The van der Waals surface area contributed by atoms with Crippen molar-refractivity contribution in [2.24, 2.45) is 0 Å². The molecule has 3 aromatic rings. The second kappa shape index (κ2) is 7.01. The molecule has 0 saturated carbocycles. The van der Waals surface area contributed by atoms with E-state index in [1.807, 2.05) is 0 Å². The normalized spacial score (nSPS) is 10.6. The van der Waals surface area contributed by atoms with Crippen molar-refractivity contribution in [1.82, 2.24) is 21.0 Å². The fourth-order valence-corrected chi connectivity index (χ4v) is 2.67. The van der Waals surface area contributed by atoms with Crippen molar-refractivity contribution in [3.63, 3.8) is 0 Å². The highest BCUT2D eigenvalue weighted by Gasteiger charge is 2.19. The Balaban J connectivity index is 1.83. The molecule has 0 radical (unpaired) electrons. The summed E-state index contributed by atoms with van der Waals surface area (Å²) in [7, 11) is 1.43. The Bertz CT molecular complexity index is 1020. The maximum Gasteiger partial charge on any atom is 0.273 e. The highest BCUT2D eigenvalue weighted by Crippen LogP contribution is 2.23. The van der Waals surface area contributed by atoms with Gasteiger partial charge in [-0.2, -0.15) is 0 Å². The zero-order valence-electron chi connectivity index (χ0n) is 14.2. The van der Waals surface area contributed by atoms with Crippen LogP contribution in [0.3, 0.4) is 0 Å². The number of amides is 2. The third-order valence-corrected chi connectivity index (χ3v) is 3.92. The van der Waals surface area contributed by atoms with Gasteiger partial charge in [0.1, 0.15) is 5.75 Å². The summed E-state index contributed by atoms with van der Waals surface area (Å²) in [5.74, 6) is -0.763. The predicted molar refractivity (Wildman–Crippen MR) is 94.2 cm³/mol. The third-order valence-electron chi connectivity index (χ3n) is 3.69. The summed E-state index contributed by atoms with van der Waals surface area (Å²) in [5.41, 5.74) is 6.58. The van der Waals surface area contributed by atoms with E-state index in [-0.39, 0.29) is 11.3 Å². The number of methoxy groups -OCH3 is 1. The number of carbonyl (C=O) groups excluding carboxylic acids is 2. The van der Waals surface area contributed by atoms with E-state index in [0.717, 1.165) is 0 Å². The molecule has 8 nitrogen and oxygen atoms in total. The van der Waals surface area contributed by atoms with Crippen LogP contribution in [0.25, 0.3) is 11.1 Å². The molecule has 0 spiro atoms. The monoisotopic (exact) mass is 374 g/mol. The predicted octanol–water partition coefficient (Wildman–Crippen LogP) is 2.58. The molecule has 0 atom stereocenters. The second-order valence-corrected chi connectivity index (χ2v) is 5.95. The number of aryl methyl sites for hydroxylation is 2. The quantitative estimate of drug-likeness (QED) is 0.682. The van der Waals surface area contributed by atoms with E-state index in [4.69, 9.17) is 20.9 Å². The van der Waals surface area contributed by atoms with Gasteiger partial charge in [-0.3, -0.25) is 20.4 Å². The molecule has 0 aliphatic heterocycles. The summed E-state index contributed by atoms with van der Waals surface area (Å²) >= 11 is 5.92. The zero-order chi connectivity index (χ0) is 18.8. The van der Waals surface area contributed by atoms with Crippen molar-refractivity contribution in [2.45, 2.75) is 13.8 Å². The number of hydrazine groups is 1. The molecule has 0 aliphatic carbocycles. The van der Waals surface area contributed by atoms with Gasteiger partial charge in [-0.15, -0.1) is 0 Å². The lowest BCUT2D eigenvalue weighted by Crippen LogP contribution is -2.41. The number of aromatic nitrogens is 2. The maximum absolute atomic E-state index is 12.5. The topological polar surface area (TPSA) is 106 Å². The summed E-state index contributed by atoms with van der Waals surface area (Å²) in [6.45, 7) is 3.43. The van der Waals surface area contributed by atoms with Crippen LogP contribution in [0.4, 0.5) is 0 Å². The maximum atomic E-state index is 12.5. The lowest BCUT2D eigenvalue weighted by atomic mass is 10.1. The van der Waals surface area contributed by atoms with Crippen LogP contribution in [-0.2, 0) is 0 Å². The van der Waals surface area contributed by atoms with Crippen molar-refractivity contribution in [2.75, 3.05) is 7.11 Å². The Labute approximate surface area is 153 Å². The van der Waals surface area contributed by atoms with E-state index < -0.39 is 11.8 Å². The minimum atomic E-state index is -0.568. The minimum Gasteiger partial charge on any atom is -0.496 e. The zero-order valence-corrected chi connectivity index (χ0v) is 15.0. The number of hydrogen-bond donors (Lipinski definition) is 2. The molecule has 9 heteroatoms. The van der Waals surface area contributed by atoms with Gasteiger partial charge in [0.05, 0.1) is 29.3 Å². The average Bonchev–Trinajstić information content (AvgIpc) is 2.99. The standard InChI is InChI=1S/C17H15ClN4O4/c1-8-6-12(14-9(2)22-26-17(14)19-8)16(24)21-20-15(23)11-7-10(18)4-5-13(11)25-3/h4-7H,1-3H3,(H,20,23)(H,21,24). The van der Waals surface area contributed by atoms with Crippen molar-refractivity contribution in [3.8, 4) is 5.75 Å². The van der Waals surface area contributed by atoms with Gasteiger partial charge in [-0.1, -0.05) is 16.8 Å². The first-order valence-electron chi connectivity index (χ1n) is 7.58. The van der Waals surface area contributed by atoms with Crippen molar-refractivity contribution in [3.05, 3.63) is 51.8 Å². The highest BCUT2D eigenvalue weighted by atomic mass is 35.5. The summed E-state index contributed by atoms with van der Waals surface area (Å²) in [6, 6.07) is 6.20. The molecule has 2 heterocycles. The van der Waals surface area contributed by atoms with Crippen LogP contribution < -0.4 is 15.6 Å². The molecule has 0 unspecified atom stereocenters. The smallest absolute Gasteiger partial charge is 0.273 e. The largest absolute Gasteiger partial charge is 0.496 e. The first-order chi connectivity index (χ1) is 12.4. The molecule has 3 rings (SSSR count). The molecule has 2 amide bonds. The van der Waals surface area contributed by atoms with E-state index in [9.17, 15) is 9.59 Å². The lowest BCUT2D eigenvalue weighted by molar-refractivity contribution is 0.0845. The van der Waals surface area contributed by atoms with Crippen LogP contribution in [-0.4, -0.2) is 29.1 Å². The molecule has 0 bridgehead atoms. The van der Waals surface area contributed by atoms with Crippen molar-refractivity contribution in [1.29, 1.82) is 0 Å². The van der Waals surface area contributed by atoms with Gasteiger partial charge in [0.25, 0.3) is 17.5 Å². The van der Waals surface area contributed by atoms with Crippen LogP contribution in [0.5, 0.6) is 5.75 Å². The Hall–Kier alpha value is -3.13. The number of nitrogens with one attached hydrogen (secondary N) is 2. The fraction of sp³-hybridized carbons (Fsp3) is 0.176. The van der Waals surface area contributed by atoms with E-state index in [2.05, 4.69) is 21.0 Å². The molecule has 0 saturated heterocycles. The minimum absolute atomic E-state index is 0.192. The number of hydrogen-bond acceptors (Lipinski definition) is 6. The van der Waals surface area contributed by atoms with E-state index in [0.29, 0.717) is 33.1 Å². The van der Waals surface area contributed by atoms with Gasteiger partial charge in [-0.25, -0.2) is 4.98 Å². The van der Waals surface area contributed by atoms with Gasteiger partial charge in [0.15, 0.2) is 0 Å². The van der Waals surface area contributed by atoms with Gasteiger partial charge in [0.2, 0.25) is 0 Å². The van der Waals surface area contributed by atoms with Gasteiger partial charge in [0, 0.05) is 10.7 Å². The Morgan fingerprint density at radius 1 is 1.12 bits per heavy atom. The van der Waals surface area contributed by atoms with E-state index in [1.165, 1.54) is 13.2 Å². The molecule has 0 aliphatic rings. The molecule has 2 aromatic heterocycles. The number of carbonyl (C=O) groups is 2. The lowest BCUT2D eigenvalue weighted by Gasteiger charge is -2.11. The van der Waals surface area contributed by atoms with Crippen LogP contribution >= 0.6 is 11.6 Å². The summed E-state index contributed by atoms with van der Waals surface area (Å²) in [4.78, 5) is 29.1. The first kappa shape index (κ1) is 17.7. The van der Waals surface area contributed by atoms with E-state index in [1.54, 1.807) is 32.0 Å². The Morgan fingerprint density at radius 3 is 2.50 bits per heavy atom. The first-order valence-corrected chi connectivity index (χ1v) is 7.96. The molecule has 134 valence electrons. The molecular formula is C17H15ClN4O4. The highest BCUT2D eigenvalue weighted by molar-refractivity contribution is 6.31. The molecule has 2 N–H and O–H groups in total. The number of ether oxygens (including phenoxy) is 1. The number of fused-ring (bicyclic) bond motifs is 1. The van der Waals surface area contributed by atoms with Gasteiger partial charge >= 0.3 is 0 Å². The molecular weight excluding hydrogens is 360 g/mol. The molecule has 1 aromatic carbocycles. The molecule has 26 heavy (non-hydrogen) atoms. The number of halogens is 1. The third kappa shape index (κ3) is 3.31. The second-order valence-electron chi connectivity index (χ2n) is 5.51.